The lowest BCUT2D eigenvalue weighted by molar-refractivity contribution is 0.0998. The summed E-state index contributed by atoms with van der Waals surface area (Å²) in [5.41, 5.74) is 2.82. The molecule has 3 atom stereocenters. The molecule has 1 aliphatic carbocycles. The molecule has 0 aromatic heterocycles. The largest absolute Gasteiger partial charge is 0.393 e. The van der Waals surface area contributed by atoms with Crippen LogP contribution in [0.4, 0.5) is 0 Å². The van der Waals surface area contributed by atoms with Crippen molar-refractivity contribution in [3.63, 3.8) is 0 Å². The monoisotopic (exact) mass is 261 g/mol. The first-order valence-electron chi connectivity index (χ1n) is 7.61. The Bertz CT molecular complexity index is 391. The molecule has 1 fully saturated rings. The van der Waals surface area contributed by atoms with Crippen LogP contribution in [0.25, 0.3) is 0 Å². The molecule has 0 spiro atoms. The van der Waals surface area contributed by atoms with Gasteiger partial charge in [0, 0.05) is 6.04 Å². The standard InChI is InChI=1S/C17H27NO/c1-13-6-3-4-8-16(13)10-14(2)18-12-15-7-5-9-17(19)11-15/h3-4,6,8,14-15,17-19H,5,7,9-12H2,1-2H3/t14-,15-,17-/m0/s1. The summed E-state index contributed by atoms with van der Waals surface area (Å²) in [7, 11) is 0. The molecule has 1 aliphatic rings. The minimum Gasteiger partial charge on any atom is -0.393 e. The van der Waals surface area contributed by atoms with Crippen molar-refractivity contribution in [3.05, 3.63) is 35.4 Å². The molecule has 1 saturated carbocycles. The van der Waals surface area contributed by atoms with Gasteiger partial charge in [0.2, 0.25) is 0 Å². The Hall–Kier alpha value is -0.860. The number of rotatable bonds is 5. The quantitative estimate of drug-likeness (QED) is 0.854. The highest BCUT2D eigenvalue weighted by Gasteiger charge is 2.20. The molecule has 0 unspecified atom stereocenters. The summed E-state index contributed by atoms with van der Waals surface area (Å²) in [5.74, 6) is 0.656. The lowest BCUT2D eigenvalue weighted by atomic mass is 9.87. The van der Waals surface area contributed by atoms with Crippen LogP contribution in [-0.2, 0) is 6.42 Å². The first-order valence-corrected chi connectivity index (χ1v) is 7.61. The first kappa shape index (κ1) is 14.5. The Morgan fingerprint density at radius 1 is 1.32 bits per heavy atom. The van der Waals surface area contributed by atoms with E-state index in [2.05, 4.69) is 43.4 Å². The summed E-state index contributed by atoms with van der Waals surface area (Å²) >= 11 is 0. The maximum atomic E-state index is 9.69. The molecule has 2 heteroatoms. The van der Waals surface area contributed by atoms with Gasteiger partial charge in [0.05, 0.1) is 6.10 Å². The molecular weight excluding hydrogens is 234 g/mol. The zero-order chi connectivity index (χ0) is 13.7. The van der Waals surface area contributed by atoms with Crippen molar-refractivity contribution >= 4 is 0 Å². The second kappa shape index (κ2) is 7.06. The topological polar surface area (TPSA) is 32.3 Å². The molecular formula is C17H27NO. The molecule has 106 valence electrons. The van der Waals surface area contributed by atoms with Gasteiger partial charge in [0.1, 0.15) is 0 Å². The number of hydrogen-bond acceptors (Lipinski definition) is 2. The summed E-state index contributed by atoms with van der Waals surface area (Å²) in [5, 5.41) is 13.3. The van der Waals surface area contributed by atoms with Gasteiger partial charge in [0.25, 0.3) is 0 Å². The van der Waals surface area contributed by atoms with Gasteiger partial charge in [-0.25, -0.2) is 0 Å². The Balaban J connectivity index is 1.75. The van der Waals surface area contributed by atoms with Crippen molar-refractivity contribution in [2.45, 2.75) is 58.1 Å². The molecule has 0 bridgehead atoms. The van der Waals surface area contributed by atoms with Gasteiger partial charge in [0.15, 0.2) is 0 Å². The third-order valence-electron chi connectivity index (χ3n) is 4.30. The van der Waals surface area contributed by atoms with Gasteiger partial charge >= 0.3 is 0 Å². The van der Waals surface area contributed by atoms with E-state index in [9.17, 15) is 5.11 Å². The summed E-state index contributed by atoms with van der Waals surface area (Å²) in [6, 6.07) is 9.12. The van der Waals surface area contributed by atoms with Crippen LogP contribution in [0.15, 0.2) is 24.3 Å². The van der Waals surface area contributed by atoms with Crippen LogP contribution in [0, 0.1) is 12.8 Å². The minimum absolute atomic E-state index is 0.0628. The lowest BCUT2D eigenvalue weighted by Crippen LogP contribution is -2.35. The van der Waals surface area contributed by atoms with Crippen LogP contribution >= 0.6 is 0 Å². The summed E-state index contributed by atoms with van der Waals surface area (Å²) in [6.45, 7) is 5.48. The van der Waals surface area contributed by atoms with Crippen molar-refractivity contribution in [2.75, 3.05) is 6.54 Å². The van der Waals surface area contributed by atoms with Gasteiger partial charge in [-0.1, -0.05) is 30.7 Å². The SMILES string of the molecule is Cc1ccccc1C[C@H](C)NC[C@H]1CCC[C@H](O)C1. The molecule has 2 N–H and O–H groups in total. The highest BCUT2D eigenvalue weighted by atomic mass is 16.3. The molecule has 0 amide bonds. The van der Waals surface area contributed by atoms with E-state index >= 15 is 0 Å². The van der Waals surface area contributed by atoms with Crippen molar-refractivity contribution in [1.82, 2.24) is 5.32 Å². The number of aryl methyl sites for hydroxylation is 1. The first-order chi connectivity index (χ1) is 9.15. The molecule has 0 saturated heterocycles. The minimum atomic E-state index is -0.0628. The van der Waals surface area contributed by atoms with Crippen LogP contribution in [-0.4, -0.2) is 23.8 Å². The van der Waals surface area contributed by atoms with Crippen molar-refractivity contribution in [2.24, 2.45) is 5.92 Å². The molecule has 0 aliphatic heterocycles. The molecule has 1 aromatic carbocycles. The van der Waals surface area contributed by atoms with Crippen molar-refractivity contribution in [1.29, 1.82) is 0 Å². The number of aliphatic hydroxyl groups is 1. The summed E-state index contributed by atoms with van der Waals surface area (Å²) < 4.78 is 0. The van der Waals surface area contributed by atoms with Gasteiger partial charge in [-0.2, -0.15) is 0 Å². The van der Waals surface area contributed by atoms with Crippen molar-refractivity contribution < 1.29 is 5.11 Å². The molecule has 0 heterocycles. The Kier molecular flexibility index (Phi) is 5.41. The van der Waals surface area contributed by atoms with Crippen LogP contribution in [0.2, 0.25) is 0 Å². The maximum Gasteiger partial charge on any atom is 0.0543 e. The Morgan fingerprint density at radius 2 is 2.11 bits per heavy atom. The van der Waals surface area contributed by atoms with E-state index in [0.717, 1.165) is 25.8 Å². The predicted octanol–water partition coefficient (Wildman–Crippen LogP) is 3.07. The van der Waals surface area contributed by atoms with Crippen LogP contribution in [0.1, 0.15) is 43.7 Å². The molecule has 2 rings (SSSR count). The van der Waals surface area contributed by atoms with E-state index in [-0.39, 0.29) is 6.10 Å². The molecule has 19 heavy (non-hydrogen) atoms. The number of benzene rings is 1. The van der Waals surface area contributed by atoms with Crippen molar-refractivity contribution in [3.8, 4) is 0 Å². The van der Waals surface area contributed by atoms with E-state index in [1.54, 1.807) is 0 Å². The van der Waals surface area contributed by atoms with E-state index in [0.29, 0.717) is 12.0 Å². The summed E-state index contributed by atoms with van der Waals surface area (Å²) in [6.07, 6.45) is 5.44. The van der Waals surface area contributed by atoms with E-state index in [1.165, 1.54) is 24.0 Å². The molecule has 1 aromatic rings. The number of nitrogens with one attached hydrogen (secondary N) is 1. The second-order valence-electron chi connectivity index (χ2n) is 6.13. The van der Waals surface area contributed by atoms with Gasteiger partial charge in [-0.15, -0.1) is 0 Å². The summed E-state index contributed by atoms with van der Waals surface area (Å²) in [4.78, 5) is 0. The van der Waals surface area contributed by atoms with Gasteiger partial charge in [-0.3, -0.25) is 0 Å². The smallest absolute Gasteiger partial charge is 0.0543 e. The highest BCUT2D eigenvalue weighted by Crippen LogP contribution is 2.23. The number of aliphatic hydroxyl groups excluding tert-OH is 1. The second-order valence-corrected chi connectivity index (χ2v) is 6.13. The fourth-order valence-electron chi connectivity index (χ4n) is 3.06. The average Bonchev–Trinajstić information content (AvgIpc) is 2.39. The average molecular weight is 261 g/mol. The lowest BCUT2D eigenvalue weighted by Gasteiger charge is -2.27. The molecule has 0 radical (unpaired) electrons. The molecule has 2 nitrogen and oxygen atoms in total. The van der Waals surface area contributed by atoms with Crippen LogP contribution in [0.5, 0.6) is 0 Å². The predicted molar refractivity (Wildman–Crippen MR) is 80.3 cm³/mol. The highest BCUT2D eigenvalue weighted by molar-refractivity contribution is 5.26. The number of hydrogen-bond donors (Lipinski definition) is 2. The van der Waals surface area contributed by atoms with E-state index < -0.39 is 0 Å². The zero-order valence-electron chi connectivity index (χ0n) is 12.2. The third-order valence-corrected chi connectivity index (χ3v) is 4.30. The van der Waals surface area contributed by atoms with Gasteiger partial charge in [-0.05, 0) is 63.1 Å². The fraction of sp³-hybridized carbons (Fsp3) is 0.647. The van der Waals surface area contributed by atoms with Crippen LogP contribution < -0.4 is 5.32 Å². The Labute approximate surface area is 117 Å². The third kappa shape index (κ3) is 4.63. The van der Waals surface area contributed by atoms with Crippen LogP contribution in [0.3, 0.4) is 0 Å². The van der Waals surface area contributed by atoms with E-state index in [4.69, 9.17) is 0 Å². The van der Waals surface area contributed by atoms with E-state index in [1.807, 2.05) is 0 Å². The normalized spacial score (nSPS) is 25.2. The van der Waals surface area contributed by atoms with Gasteiger partial charge < -0.3 is 10.4 Å². The Morgan fingerprint density at radius 3 is 2.84 bits per heavy atom. The fourth-order valence-corrected chi connectivity index (χ4v) is 3.06. The maximum absolute atomic E-state index is 9.69. The zero-order valence-corrected chi connectivity index (χ0v) is 12.2.